The summed E-state index contributed by atoms with van der Waals surface area (Å²) in [5.41, 5.74) is 3.55. The van der Waals surface area contributed by atoms with Gasteiger partial charge in [0, 0.05) is 48.7 Å². The van der Waals surface area contributed by atoms with Gasteiger partial charge in [-0.05, 0) is 62.5 Å². The summed E-state index contributed by atoms with van der Waals surface area (Å²) in [4.78, 5) is 1.25. The van der Waals surface area contributed by atoms with E-state index in [4.69, 9.17) is 12.6 Å². The van der Waals surface area contributed by atoms with Crippen molar-refractivity contribution in [3.63, 3.8) is 0 Å². The second kappa shape index (κ2) is 15.4. The molecule has 1 aromatic carbocycles. The number of allylic oxidation sites excluding steroid dienone is 1. The normalized spacial score (nSPS) is 12.6. The summed E-state index contributed by atoms with van der Waals surface area (Å²) in [7, 11) is 9.27. The average Bonchev–Trinajstić information content (AvgIpc) is 3.28. The van der Waals surface area contributed by atoms with E-state index in [9.17, 15) is 0 Å². The van der Waals surface area contributed by atoms with E-state index in [0.29, 0.717) is 23.6 Å². The third-order valence-electron chi connectivity index (χ3n) is 6.62. The number of aromatic nitrogens is 3. The van der Waals surface area contributed by atoms with E-state index in [1.165, 1.54) is 17.7 Å². The zero-order valence-corrected chi connectivity index (χ0v) is 26.4. The van der Waals surface area contributed by atoms with Crippen LogP contribution in [0.2, 0.25) is 0 Å². The van der Waals surface area contributed by atoms with Crippen LogP contribution in [0.1, 0.15) is 85.4 Å². The summed E-state index contributed by atoms with van der Waals surface area (Å²) in [5, 5.41) is 12.1. The smallest absolute Gasteiger partial charge is 0.0885 e. The Morgan fingerprint density at radius 3 is 2.39 bits per heavy atom. The molecule has 0 spiro atoms. The van der Waals surface area contributed by atoms with Gasteiger partial charge < -0.3 is 10.1 Å². The van der Waals surface area contributed by atoms with Crippen LogP contribution in [0.15, 0.2) is 47.6 Å². The second-order valence-corrected chi connectivity index (χ2v) is 15.3. The average molecular weight is 557 g/mol. The molecular formula is C30H49BN4OS2. The molecule has 38 heavy (non-hydrogen) atoms. The molecule has 0 atom stereocenters. The molecule has 2 radical (unpaired) electrons. The highest BCUT2D eigenvalue weighted by atomic mass is 33.1. The molecule has 1 N–H and O–H groups in total. The lowest BCUT2D eigenvalue weighted by Crippen LogP contribution is -2.29. The van der Waals surface area contributed by atoms with Crippen molar-refractivity contribution in [1.82, 2.24) is 20.3 Å². The maximum absolute atomic E-state index is 6.30. The van der Waals surface area contributed by atoms with Crippen LogP contribution in [-0.4, -0.2) is 47.3 Å². The summed E-state index contributed by atoms with van der Waals surface area (Å²) >= 11 is 0. The van der Waals surface area contributed by atoms with Gasteiger partial charge in [0.2, 0.25) is 0 Å². The highest BCUT2D eigenvalue weighted by Crippen LogP contribution is 2.33. The van der Waals surface area contributed by atoms with Gasteiger partial charge in [0.05, 0.1) is 19.1 Å². The quantitative estimate of drug-likeness (QED) is 0.117. The van der Waals surface area contributed by atoms with Crippen LogP contribution < -0.4 is 5.32 Å². The van der Waals surface area contributed by atoms with E-state index in [0.717, 1.165) is 55.2 Å². The van der Waals surface area contributed by atoms with Gasteiger partial charge in [-0.1, -0.05) is 92.0 Å². The Bertz CT molecular complexity index is 967. The largest absolute Gasteiger partial charge is 0.388 e. The first-order valence-corrected chi connectivity index (χ1v) is 16.1. The number of ether oxygens (including phenoxy) is 1. The van der Waals surface area contributed by atoms with E-state index in [-0.39, 0.29) is 5.60 Å². The summed E-state index contributed by atoms with van der Waals surface area (Å²) in [6.45, 7) is 22.6. The molecular weight excluding hydrogens is 507 g/mol. The first-order valence-electron chi connectivity index (χ1n) is 13.8. The zero-order chi connectivity index (χ0) is 28.2. The molecule has 0 aliphatic rings. The molecule has 1 aromatic heterocycles. The molecule has 0 amide bonds. The van der Waals surface area contributed by atoms with Gasteiger partial charge in [-0.25, -0.2) is 0 Å². The monoisotopic (exact) mass is 556 g/mol. The van der Waals surface area contributed by atoms with Crippen molar-refractivity contribution >= 4 is 29.4 Å². The predicted octanol–water partition coefficient (Wildman–Crippen LogP) is 7.46. The second-order valence-electron chi connectivity index (χ2n) is 12.8. The third-order valence-corrected chi connectivity index (χ3v) is 9.01. The van der Waals surface area contributed by atoms with Gasteiger partial charge in [-0.3, -0.25) is 4.68 Å². The van der Waals surface area contributed by atoms with E-state index in [1.54, 1.807) is 10.8 Å². The molecule has 0 unspecified atom stereocenters. The number of benzene rings is 1. The number of hydrogen-bond acceptors (Lipinski definition) is 6. The first-order chi connectivity index (χ1) is 17.8. The van der Waals surface area contributed by atoms with Crippen LogP contribution in [0.5, 0.6) is 0 Å². The summed E-state index contributed by atoms with van der Waals surface area (Å²) in [6, 6.07) is 8.42. The Labute approximate surface area is 241 Å². The maximum atomic E-state index is 6.30. The minimum Gasteiger partial charge on any atom is -0.388 e. The third kappa shape index (κ3) is 14.1. The Kier molecular flexibility index (Phi) is 13.3. The number of hydrogen-bond donors (Lipinski definition) is 1. The number of rotatable bonds is 18. The number of nitrogens with one attached hydrogen (secondary N) is 1. The summed E-state index contributed by atoms with van der Waals surface area (Å²) in [5.74, 6) is 0.984. The predicted molar refractivity (Wildman–Crippen MR) is 167 cm³/mol. The van der Waals surface area contributed by atoms with Crippen LogP contribution in [0, 0.1) is 10.8 Å². The summed E-state index contributed by atoms with van der Waals surface area (Å²) in [6.07, 6.45) is 7.72. The van der Waals surface area contributed by atoms with E-state index >= 15 is 0 Å². The molecule has 0 saturated heterocycles. The highest BCUT2D eigenvalue weighted by Gasteiger charge is 2.24. The molecule has 5 nitrogen and oxygen atoms in total. The van der Waals surface area contributed by atoms with Crippen molar-refractivity contribution in [3.05, 3.63) is 54.0 Å². The minimum atomic E-state index is -0.195. The molecule has 2 rings (SSSR count). The van der Waals surface area contributed by atoms with Crippen molar-refractivity contribution in [3.8, 4) is 0 Å². The van der Waals surface area contributed by atoms with Crippen molar-refractivity contribution in [2.45, 2.75) is 104 Å². The molecule has 0 aliphatic heterocycles. The van der Waals surface area contributed by atoms with E-state index in [2.05, 4.69) is 94.9 Å². The van der Waals surface area contributed by atoms with Crippen LogP contribution in [-0.2, 0) is 24.0 Å². The fourth-order valence-electron chi connectivity index (χ4n) is 3.77. The van der Waals surface area contributed by atoms with Crippen molar-refractivity contribution in [2.75, 3.05) is 18.9 Å². The molecule has 0 fully saturated rings. The maximum Gasteiger partial charge on any atom is 0.0885 e. The zero-order valence-electron chi connectivity index (χ0n) is 24.8. The number of aryl methyl sites for hydroxylation is 1. The van der Waals surface area contributed by atoms with Gasteiger partial charge in [-0.15, -0.1) is 5.10 Å². The lowest BCUT2D eigenvalue weighted by molar-refractivity contribution is -0.0384. The van der Waals surface area contributed by atoms with Crippen LogP contribution in [0.3, 0.4) is 0 Å². The Balaban J connectivity index is 1.62. The SMILES string of the molecule is [B]Cc1ccc(SSCCNC(=C)Cc2cn(CCC(C)(C)OCCC(C)(C)CCC(C)(C)C)nn2)cc1. The molecule has 0 bridgehead atoms. The lowest BCUT2D eigenvalue weighted by Gasteiger charge is -2.31. The Morgan fingerprint density at radius 1 is 1.03 bits per heavy atom. The molecule has 2 aromatic rings. The molecule has 0 aliphatic carbocycles. The van der Waals surface area contributed by atoms with Crippen LogP contribution >= 0.6 is 21.6 Å². The van der Waals surface area contributed by atoms with Gasteiger partial charge in [0.15, 0.2) is 0 Å². The number of nitrogens with zero attached hydrogens (tertiary/aromatic N) is 3. The fourth-order valence-corrected chi connectivity index (χ4v) is 5.66. The van der Waals surface area contributed by atoms with Crippen LogP contribution in [0.25, 0.3) is 0 Å². The standard InChI is InChI=1S/C30H49BN4OS2/c1-24(32-17-20-37-38-27-11-9-25(22-31)10-12-27)21-26-23-35(34-33-26)18-15-30(7,8)36-19-16-29(5,6)14-13-28(2,3)4/h9-12,23,32H,1,13-22H2,2-8H3. The van der Waals surface area contributed by atoms with Crippen molar-refractivity contribution < 1.29 is 4.74 Å². The minimum absolute atomic E-state index is 0.195. The molecule has 1 heterocycles. The van der Waals surface area contributed by atoms with Crippen molar-refractivity contribution in [1.29, 1.82) is 0 Å². The lowest BCUT2D eigenvalue weighted by atomic mass is 9.78. The fraction of sp³-hybridized carbons (Fsp3) is 0.667. The van der Waals surface area contributed by atoms with Crippen LogP contribution in [0.4, 0.5) is 0 Å². The van der Waals surface area contributed by atoms with E-state index in [1.807, 2.05) is 21.7 Å². The summed E-state index contributed by atoms with van der Waals surface area (Å²) < 4.78 is 8.22. The van der Waals surface area contributed by atoms with E-state index < -0.39 is 0 Å². The van der Waals surface area contributed by atoms with Gasteiger partial charge >= 0.3 is 0 Å². The van der Waals surface area contributed by atoms with Gasteiger partial charge in [0.25, 0.3) is 0 Å². The molecule has 210 valence electrons. The van der Waals surface area contributed by atoms with Gasteiger partial charge in [-0.2, -0.15) is 0 Å². The Hall–Kier alpha value is -1.38. The highest BCUT2D eigenvalue weighted by molar-refractivity contribution is 8.76. The van der Waals surface area contributed by atoms with Crippen molar-refractivity contribution in [2.24, 2.45) is 10.8 Å². The Morgan fingerprint density at radius 2 is 1.74 bits per heavy atom. The molecule has 8 heteroatoms. The topological polar surface area (TPSA) is 52.0 Å². The molecule has 0 saturated carbocycles. The first kappa shape index (κ1) is 32.8. The van der Waals surface area contributed by atoms with Gasteiger partial charge in [0.1, 0.15) is 0 Å².